The third kappa shape index (κ3) is 3.73. The Morgan fingerprint density at radius 2 is 1.25 bits per heavy atom. The van der Waals surface area contributed by atoms with Crippen LogP contribution in [0.2, 0.25) is 0 Å². The van der Waals surface area contributed by atoms with Crippen molar-refractivity contribution in [1.29, 1.82) is 0 Å². The fourth-order valence-electron chi connectivity index (χ4n) is 3.29. The summed E-state index contributed by atoms with van der Waals surface area (Å²) in [6.45, 7) is 18.8. The highest BCUT2D eigenvalue weighted by molar-refractivity contribution is 9.08. The Kier molecular flexibility index (Phi) is 8.20. The molecule has 0 spiro atoms. The van der Waals surface area contributed by atoms with Crippen LogP contribution in [0.15, 0.2) is 30.3 Å². The summed E-state index contributed by atoms with van der Waals surface area (Å²) in [4.78, 5) is 0. The first kappa shape index (κ1) is 23.6. The minimum atomic E-state index is -0.937. The molecule has 1 N–H and O–H groups in total. The Bertz CT molecular complexity index is 490. The zero-order valence-electron chi connectivity index (χ0n) is 17.2. The van der Waals surface area contributed by atoms with Gasteiger partial charge in [0.1, 0.15) is 6.10 Å². The molecule has 1 aliphatic heterocycles. The lowest BCUT2D eigenvalue weighted by molar-refractivity contribution is -0.319. The Morgan fingerprint density at radius 3 is 1.67 bits per heavy atom. The predicted molar refractivity (Wildman–Crippen MR) is 109 cm³/mol. The summed E-state index contributed by atoms with van der Waals surface area (Å²) in [6.07, 6.45) is -0.318. The zero-order valence-corrected chi connectivity index (χ0v) is 18.8. The van der Waals surface area contributed by atoms with Crippen molar-refractivity contribution in [3.63, 3.8) is 0 Å². The van der Waals surface area contributed by atoms with Crippen LogP contribution >= 0.6 is 15.9 Å². The molecule has 1 aromatic rings. The number of halogens is 1. The maximum atomic E-state index is 11.3. The summed E-state index contributed by atoms with van der Waals surface area (Å²) in [5, 5.41) is 11.3. The van der Waals surface area contributed by atoms with E-state index in [2.05, 4.69) is 57.5 Å². The second-order valence-electron chi connectivity index (χ2n) is 7.82. The summed E-state index contributed by atoms with van der Waals surface area (Å²) < 4.78 is 6.38. The molecule has 1 aliphatic rings. The molecule has 0 saturated carbocycles. The first-order valence-corrected chi connectivity index (χ1v) is 10.4. The highest BCUT2D eigenvalue weighted by atomic mass is 79.9. The number of rotatable bonds is 1. The van der Waals surface area contributed by atoms with Gasteiger partial charge < -0.3 is 9.84 Å². The van der Waals surface area contributed by atoms with Crippen LogP contribution in [0.25, 0.3) is 0 Å². The van der Waals surface area contributed by atoms with Gasteiger partial charge in [-0.3, -0.25) is 0 Å². The van der Waals surface area contributed by atoms with Gasteiger partial charge in [0.05, 0.1) is 11.2 Å². The van der Waals surface area contributed by atoms with Gasteiger partial charge in [0.2, 0.25) is 0 Å². The van der Waals surface area contributed by atoms with Crippen LogP contribution in [-0.2, 0) is 4.74 Å². The largest absolute Gasteiger partial charge is 0.387 e. The van der Waals surface area contributed by atoms with E-state index in [1.54, 1.807) is 0 Å². The van der Waals surface area contributed by atoms with Crippen molar-refractivity contribution in [2.45, 2.75) is 79.6 Å². The summed E-state index contributed by atoms with van der Waals surface area (Å²) in [5.74, 6) is 1.81. The molecule has 1 fully saturated rings. The number of hydrogen-bond acceptors (Lipinski definition) is 2. The molecule has 1 saturated heterocycles. The van der Waals surface area contributed by atoms with Crippen LogP contribution in [0.1, 0.15) is 74.0 Å². The van der Waals surface area contributed by atoms with Crippen molar-refractivity contribution >= 4 is 15.9 Å². The van der Waals surface area contributed by atoms with Crippen LogP contribution < -0.4 is 0 Å². The van der Waals surface area contributed by atoms with Gasteiger partial charge in [-0.05, 0) is 32.2 Å². The van der Waals surface area contributed by atoms with E-state index < -0.39 is 5.60 Å². The van der Waals surface area contributed by atoms with Crippen molar-refractivity contribution in [3.05, 3.63) is 35.9 Å². The van der Waals surface area contributed by atoms with E-state index in [1.807, 2.05) is 56.9 Å². The second-order valence-corrected chi connectivity index (χ2v) is 7.82. The zero-order chi connectivity index (χ0) is 19.4. The number of aliphatic hydroxyl groups is 1. The van der Waals surface area contributed by atoms with Crippen molar-refractivity contribution < 1.29 is 9.84 Å². The van der Waals surface area contributed by atoms with Gasteiger partial charge in [-0.2, -0.15) is 0 Å². The summed E-state index contributed by atoms with van der Waals surface area (Å²) in [7, 11) is 0. The van der Waals surface area contributed by atoms with Crippen molar-refractivity contribution in [2.75, 3.05) is 5.83 Å². The Morgan fingerprint density at radius 1 is 0.833 bits per heavy atom. The highest BCUT2D eigenvalue weighted by Gasteiger charge is 2.64. The molecular weight excluding hydrogens is 364 g/mol. The molecule has 2 unspecified atom stereocenters. The first-order valence-electron chi connectivity index (χ1n) is 8.78. The van der Waals surface area contributed by atoms with Crippen molar-refractivity contribution in [2.24, 2.45) is 10.8 Å². The Hall–Kier alpha value is -0.380. The molecule has 1 aromatic carbocycles. The second kappa shape index (κ2) is 8.33. The molecule has 2 nitrogen and oxygen atoms in total. The molecule has 0 radical (unpaired) electrons. The van der Waals surface area contributed by atoms with Crippen LogP contribution in [0.3, 0.4) is 0 Å². The number of alkyl halides is 1. The lowest BCUT2D eigenvalue weighted by Gasteiger charge is -2.64. The SMILES string of the molecule is CBr.CC.CC1(C)OC(c2ccccc2)C(C)(O)C(C)(C)C1(C)C. The van der Waals surface area contributed by atoms with Crippen LogP contribution in [-0.4, -0.2) is 22.1 Å². The van der Waals surface area contributed by atoms with Gasteiger partial charge in [0, 0.05) is 10.8 Å². The fourth-order valence-corrected chi connectivity index (χ4v) is 3.29. The monoisotopic (exact) mass is 400 g/mol. The third-order valence-corrected chi connectivity index (χ3v) is 6.36. The molecule has 140 valence electrons. The molecule has 0 aromatic heterocycles. The van der Waals surface area contributed by atoms with Crippen LogP contribution in [0.4, 0.5) is 0 Å². The van der Waals surface area contributed by atoms with E-state index in [1.165, 1.54) is 0 Å². The maximum Gasteiger partial charge on any atom is 0.112 e. The minimum absolute atomic E-state index is 0.158. The third-order valence-electron chi connectivity index (χ3n) is 6.36. The standard InChI is InChI=1S/C18H28O2.C2H6.CH3Br/c1-15(2)16(3,4)18(7,19)14(20-17(15,5)6)13-11-9-8-10-12-13;2*1-2/h8-12,14,19H,1-7H3;1-2H3;1H3. The lowest BCUT2D eigenvalue weighted by atomic mass is 9.50. The van der Waals surface area contributed by atoms with E-state index in [0.29, 0.717) is 0 Å². The summed E-state index contributed by atoms with van der Waals surface area (Å²) in [6, 6.07) is 10.0. The fraction of sp³-hybridized carbons (Fsp3) is 0.714. The molecule has 3 heteroatoms. The topological polar surface area (TPSA) is 29.5 Å². The molecular formula is C21H37BrO2. The molecule has 2 atom stereocenters. The van der Waals surface area contributed by atoms with E-state index in [-0.39, 0.29) is 22.5 Å². The average molecular weight is 401 g/mol. The predicted octanol–water partition coefficient (Wildman–Crippen LogP) is 6.38. The van der Waals surface area contributed by atoms with Crippen LogP contribution in [0.5, 0.6) is 0 Å². The van der Waals surface area contributed by atoms with Gasteiger partial charge in [-0.25, -0.2) is 0 Å². The number of ether oxygens (including phenoxy) is 1. The van der Waals surface area contributed by atoms with Gasteiger partial charge in [-0.15, -0.1) is 0 Å². The van der Waals surface area contributed by atoms with Gasteiger partial charge >= 0.3 is 0 Å². The molecule has 1 heterocycles. The van der Waals surface area contributed by atoms with E-state index in [0.717, 1.165) is 5.56 Å². The minimum Gasteiger partial charge on any atom is -0.387 e. The van der Waals surface area contributed by atoms with Gasteiger partial charge in [0.15, 0.2) is 0 Å². The summed E-state index contributed by atoms with van der Waals surface area (Å²) >= 11 is 2.94. The number of hydrogen-bond donors (Lipinski definition) is 1. The molecule has 0 bridgehead atoms. The first-order chi connectivity index (χ1) is 11.0. The highest BCUT2D eigenvalue weighted by Crippen LogP contribution is 2.62. The Labute approximate surface area is 158 Å². The molecule has 0 aliphatic carbocycles. The normalized spacial score (nSPS) is 29.4. The van der Waals surface area contributed by atoms with Crippen molar-refractivity contribution in [1.82, 2.24) is 0 Å². The van der Waals surface area contributed by atoms with Crippen LogP contribution in [0, 0.1) is 10.8 Å². The van der Waals surface area contributed by atoms with E-state index in [4.69, 9.17) is 4.74 Å². The average Bonchev–Trinajstić information content (AvgIpc) is 2.55. The van der Waals surface area contributed by atoms with Gasteiger partial charge in [0.25, 0.3) is 0 Å². The van der Waals surface area contributed by atoms with Gasteiger partial charge in [-0.1, -0.05) is 87.8 Å². The number of benzene rings is 1. The maximum absolute atomic E-state index is 11.3. The summed E-state index contributed by atoms with van der Waals surface area (Å²) in [5.41, 5.74) is -0.668. The van der Waals surface area contributed by atoms with Crippen molar-refractivity contribution in [3.8, 4) is 0 Å². The molecule has 2 rings (SSSR count). The lowest BCUT2D eigenvalue weighted by Crippen LogP contribution is -2.67. The van der Waals surface area contributed by atoms with E-state index in [9.17, 15) is 5.11 Å². The quantitative estimate of drug-likeness (QED) is 0.554. The molecule has 24 heavy (non-hydrogen) atoms. The Balaban J connectivity index is 0.00000123. The smallest absolute Gasteiger partial charge is 0.112 e. The molecule has 0 amide bonds. The van der Waals surface area contributed by atoms with E-state index >= 15 is 0 Å².